The normalized spacial score (nSPS) is 10.8. The third kappa shape index (κ3) is 4.27. The molecule has 0 saturated heterocycles. The fourth-order valence-corrected chi connectivity index (χ4v) is 2.20. The molecule has 0 atom stereocenters. The van der Waals surface area contributed by atoms with Crippen molar-refractivity contribution in [2.24, 2.45) is 10.2 Å². The van der Waals surface area contributed by atoms with E-state index in [0.29, 0.717) is 23.7 Å². The van der Waals surface area contributed by atoms with Crippen molar-refractivity contribution in [2.45, 2.75) is 6.61 Å². The van der Waals surface area contributed by atoms with E-state index in [2.05, 4.69) is 15.2 Å². The number of nitrogens with zero attached hydrogens (tertiary/aromatic N) is 3. The summed E-state index contributed by atoms with van der Waals surface area (Å²) >= 11 is 0. The largest absolute Gasteiger partial charge is 0.497 e. The summed E-state index contributed by atoms with van der Waals surface area (Å²) in [6.07, 6.45) is 0. The number of ether oxygens (including phenoxy) is 2. The van der Waals surface area contributed by atoms with Crippen molar-refractivity contribution >= 4 is 23.0 Å². The fourth-order valence-electron chi connectivity index (χ4n) is 2.20. The molecule has 132 valence electrons. The molecule has 7 nitrogen and oxygen atoms in total. The molecule has 3 rings (SSSR count). The van der Waals surface area contributed by atoms with Crippen LogP contribution in [0.5, 0.6) is 11.5 Å². The van der Waals surface area contributed by atoms with Crippen molar-refractivity contribution in [3.63, 3.8) is 0 Å². The second-order valence-electron chi connectivity index (χ2n) is 5.45. The molecular weight excluding hydrogens is 330 g/mol. The third-order valence-corrected chi connectivity index (χ3v) is 3.61. The molecule has 0 aliphatic carbocycles. The predicted octanol–water partition coefficient (Wildman–Crippen LogP) is 4.25. The van der Waals surface area contributed by atoms with Crippen molar-refractivity contribution in [1.29, 1.82) is 0 Å². The standard InChI is InChI=1S/C19H19N5O2/c1-25-15-9-7-13(8-10-15)12-26-17-11-16(18(20)22-19(17)21)24-23-14-5-3-2-4-6-14/h2-11H,12H2,1H3,(H4,20,21,22)/b24-23+. The van der Waals surface area contributed by atoms with Gasteiger partial charge >= 0.3 is 0 Å². The van der Waals surface area contributed by atoms with Crippen LogP contribution in [0.3, 0.4) is 0 Å². The molecule has 26 heavy (non-hydrogen) atoms. The highest BCUT2D eigenvalue weighted by Crippen LogP contribution is 2.31. The van der Waals surface area contributed by atoms with Gasteiger partial charge in [0.1, 0.15) is 18.0 Å². The van der Waals surface area contributed by atoms with Gasteiger partial charge in [0, 0.05) is 6.07 Å². The van der Waals surface area contributed by atoms with Gasteiger partial charge in [0.15, 0.2) is 17.4 Å². The third-order valence-electron chi connectivity index (χ3n) is 3.61. The molecule has 7 heteroatoms. The highest BCUT2D eigenvalue weighted by molar-refractivity contribution is 5.66. The van der Waals surface area contributed by atoms with E-state index in [1.54, 1.807) is 13.2 Å². The highest BCUT2D eigenvalue weighted by atomic mass is 16.5. The van der Waals surface area contributed by atoms with E-state index >= 15 is 0 Å². The van der Waals surface area contributed by atoms with Crippen LogP contribution >= 0.6 is 0 Å². The van der Waals surface area contributed by atoms with Gasteiger partial charge in [0.05, 0.1) is 12.8 Å². The molecule has 0 radical (unpaired) electrons. The van der Waals surface area contributed by atoms with E-state index in [4.69, 9.17) is 20.9 Å². The first-order valence-corrected chi connectivity index (χ1v) is 7.94. The van der Waals surface area contributed by atoms with Crippen LogP contribution < -0.4 is 20.9 Å². The second kappa shape index (κ2) is 7.98. The van der Waals surface area contributed by atoms with E-state index in [-0.39, 0.29) is 11.6 Å². The van der Waals surface area contributed by atoms with Gasteiger partial charge in [-0.3, -0.25) is 0 Å². The van der Waals surface area contributed by atoms with Crippen LogP contribution in [0.25, 0.3) is 0 Å². The summed E-state index contributed by atoms with van der Waals surface area (Å²) in [5.74, 6) is 1.58. The Morgan fingerprint density at radius 1 is 0.923 bits per heavy atom. The first-order valence-electron chi connectivity index (χ1n) is 7.94. The van der Waals surface area contributed by atoms with Gasteiger partial charge in [-0.25, -0.2) is 4.98 Å². The molecule has 2 aromatic carbocycles. The van der Waals surface area contributed by atoms with Crippen molar-refractivity contribution in [1.82, 2.24) is 4.98 Å². The number of azo groups is 1. The van der Waals surface area contributed by atoms with Crippen molar-refractivity contribution in [3.8, 4) is 11.5 Å². The van der Waals surface area contributed by atoms with E-state index in [0.717, 1.165) is 11.3 Å². The number of anilines is 2. The number of hydrogen-bond donors (Lipinski definition) is 2. The average Bonchev–Trinajstić information content (AvgIpc) is 2.68. The van der Waals surface area contributed by atoms with Gasteiger partial charge < -0.3 is 20.9 Å². The zero-order valence-corrected chi connectivity index (χ0v) is 14.3. The molecule has 0 spiro atoms. The number of nitrogen functional groups attached to an aromatic ring is 2. The number of methoxy groups -OCH3 is 1. The Morgan fingerprint density at radius 2 is 1.65 bits per heavy atom. The van der Waals surface area contributed by atoms with Gasteiger partial charge in [0.25, 0.3) is 0 Å². The lowest BCUT2D eigenvalue weighted by molar-refractivity contribution is 0.307. The average molecular weight is 349 g/mol. The summed E-state index contributed by atoms with van der Waals surface area (Å²) in [5, 5.41) is 8.28. The molecule has 0 amide bonds. The molecule has 0 unspecified atom stereocenters. The van der Waals surface area contributed by atoms with E-state index in [1.807, 2.05) is 54.6 Å². The second-order valence-corrected chi connectivity index (χ2v) is 5.45. The van der Waals surface area contributed by atoms with Gasteiger partial charge in [-0.05, 0) is 29.8 Å². The van der Waals surface area contributed by atoms with E-state index < -0.39 is 0 Å². The van der Waals surface area contributed by atoms with Gasteiger partial charge in [-0.1, -0.05) is 30.3 Å². The van der Waals surface area contributed by atoms with E-state index in [1.165, 1.54) is 0 Å². The first-order chi connectivity index (χ1) is 12.7. The van der Waals surface area contributed by atoms with Gasteiger partial charge in [-0.2, -0.15) is 5.11 Å². The number of nitrogens with two attached hydrogens (primary N) is 2. The summed E-state index contributed by atoms with van der Waals surface area (Å²) in [5.41, 5.74) is 13.9. The SMILES string of the molecule is COc1ccc(COc2cc(/N=N/c3ccccc3)c(N)nc2N)cc1. The lowest BCUT2D eigenvalue weighted by Crippen LogP contribution is -2.02. The summed E-state index contributed by atoms with van der Waals surface area (Å²) in [4.78, 5) is 4.08. The summed E-state index contributed by atoms with van der Waals surface area (Å²) in [6.45, 7) is 0.328. The Morgan fingerprint density at radius 3 is 2.35 bits per heavy atom. The van der Waals surface area contributed by atoms with Crippen LogP contribution in [0.1, 0.15) is 5.56 Å². The summed E-state index contributed by atoms with van der Waals surface area (Å²) in [7, 11) is 1.62. The molecule has 1 aromatic heterocycles. The maximum Gasteiger partial charge on any atom is 0.168 e. The Bertz CT molecular complexity index is 896. The maximum absolute atomic E-state index is 5.90. The maximum atomic E-state index is 5.90. The number of aromatic nitrogens is 1. The zero-order valence-electron chi connectivity index (χ0n) is 14.3. The lowest BCUT2D eigenvalue weighted by Gasteiger charge is -2.10. The lowest BCUT2D eigenvalue weighted by atomic mass is 10.2. The van der Waals surface area contributed by atoms with Crippen LogP contribution in [-0.2, 0) is 6.61 Å². The topological polar surface area (TPSA) is 108 Å². The van der Waals surface area contributed by atoms with Crippen molar-refractivity contribution < 1.29 is 9.47 Å². The molecule has 0 aliphatic rings. The minimum atomic E-state index is 0.193. The Kier molecular flexibility index (Phi) is 5.28. The number of benzene rings is 2. The zero-order chi connectivity index (χ0) is 18.4. The molecule has 0 bridgehead atoms. The molecule has 0 fully saturated rings. The van der Waals surface area contributed by atoms with Gasteiger partial charge in [-0.15, -0.1) is 5.11 Å². The summed E-state index contributed by atoms with van der Waals surface area (Å²) in [6, 6.07) is 18.5. The Balaban J connectivity index is 1.75. The molecule has 0 saturated carbocycles. The Labute approximate surface area is 151 Å². The first kappa shape index (κ1) is 17.2. The number of hydrogen-bond acceptors (Lipinski definition) is 7. The highest BCUT2D eigenvalue weighted by Gasteiger charge is 2.09. The molecule has 1 heterocycles. The predicted molar refractivity (Wildman–Crippen MR) is 101 cm³/mol. The van der Waals surface area contributed by atoms with Crippen LogP contribution in [0.4, 0.5) is 23.0 Å². The van der Waals surface area contributed by atoms with Crippen LogP contribution in [-0.4, -0.2) is 12.1 Å². The number of rotatable bonds is 6. The smallest absolute Gasteiger partial charge is 0.168 e. The fraction of sp³-hybridized carbons (Fsp3) is 0.105. The molecular formula is C19H19N5O2. The molecule has 0 aliphatic heterocycles. The van der Waals surface area contributed by atoms with Gasteiger partial charge in [0.2, 0.25) is 0 Å². The Hall–Kier alpha value is -3.61. The minimum absolute atomic E-state index is 0.193. The quantitative estimate of drug-likeness (QED) is 0.647. The van der Waals surface area contributed by atoms with Crippen LogP contribution in [0.2, 0.25) is 0 Å². The molecule has 3 aromatic rings. The number of pyridine rings is 1. The van der Waals surface area contributed by atoms with Crippen molar-refractivity contribution in [2.75, 3.05) is 18.6 Å². The summed E-state index contributed by atoms with van der Waals surface area (Å²) < 4.78 is 10.9. The van der Waals surface area contributed by atoms with Crippen LogP contribution in [0.15, 0.2) is 70.9 Å². The van der Waals surface area contributed by atoms with Crippen molar-refractivity contribution in [3.05, 3.63) is 66.2 Å². The molecule has 4 N–H and O–H groups in total. The minimum Gasteiger partial charge on any atom is -0.497 e. The van der Waals surface area contributed by atoms with E-state index in [9.17, 15) is 0 Å². The monoisotopic (exact) mass is 349 g/mol. The van der Waals surface area contributed by atoms with Crippen LogP contribution in [0, 0.1) is 0 Å².